The minimum atomic E-state index is -4.11. The zero-order valence-electron chi connectivity index (χ0n) is 17.2. The lowest BCUT2D eigenvalue weighted by molar-refractivity contribution is 0.298. The fraction of sp³-hybridized carbons (Fsp3) is 0.350. The third kappa shape index (κ3) is 4.93. The van der Waals surface area contributed by atoms with Crippen LogP contribution in [0, 0.1) is 19.7 Å². The van der Waals surface area contributed by atoms with Gasteiger partial charge in [-0.15, -0.1) is 10.2 Å². The fourth-order valence-electron chi connectivity index (χ4n) is 3.57. The Morgan fingerprint density at radius 2 is 2.00 bits per heavy atom. The Balaban J connectivity index is 2.07. The Hall–Kier alpha value is -2.40. The molecule has 2 atom stereocenters. The molecule has 1 aromatic heterocycles. The topological polar surface area (TPSA) is 121 Å². The summed E-state index contributed by atoms with van der Waals surface area (Å²) in [5, 5.41) is 23.4. The van der Waals surface area contributed by atoms with E-state index in [2.05, 4.69) is 25.3 Å². The van der Waals surface area contributed by atoms with Crippen LogP contribution in [0.1, 0.15) is 47.0 Å². The van der Waals surface area contributed by atoms with Gasteiger partial charge in [0.05, 0.1) is 10.9 Å². The highest BCUT2D eigenvalue weighted by Gasteiger charge is 2.33. The number of hydrogen-bond donors (Lipinski definition) is 3. The number of aliphatic hydroxyl groups is 1. The van der Waals surface area contributed by atoms with Gasteiger partial charge in [-0.3, -0.25) is 0 Å². The molecule has 3 N–H and O–H groups in total. The number of hydrogen-bond acceptors (Lipinski definition) is 6. The minimum absolute atomic E-state index is 0.0342. The second kappa shape index (κ2) is 9.39. The monoisotopic (exact) mass is 467 g/mol. The molecule has 2 aromatic carbocycles. The Morgan fingerprint density at radius 3 is 2.65 bits per heavy atom. The summed E-state index contributed by atoms with van der Waals surface area (Å²) in [6, 6.07) is 6.33. The zero-order chi connectivity index (χ0) is 22.8. The van der Waals surface area contributed by atoms with Gasteiger partial charge in [0, 0.05) is 17.5 Å². The first-order valence-corrected chi connectivity index (χ1v) is 11.4. The summed E-state index contributed by atoms with van der Waals surface area (Å²) < 4.78 is 44.0. The van der Waals surface area contributed by atoms with Crippen LogP contribution >= 0.6 is 11.6 Å². The number of tetrazole rings is 1. The summed E-state index contributed by atoms with van der Waals surface area (Å²) >= 11 is 6.00. The quantitative estimate of drug-likeness (QED) is 0.468. The number of benzene rings is 2. The van der Waals surface area contributed by atoms with Crippen LogP contribution in [-0.4, -0.2) is 40.8 Å². The highest BCUT2D eigenvalue weighted by Crippen LogP contribution is 2.35. The molecule has 31 heavy (non-hydrogen) atoms. The average molecular weight is 468 g/mol. The highest BCUT2D eigenvalue weighted by molar-refractivity contribution is 7.89. The van der Waals surface area contributed by atoms with E-state index in [9.17, 15) is 17.9 Å². The van der Waals surface area contributed by atoms with Crippen molar-refractivity contribution in [3.05, 3.63) is 69.2 Å². The SMILES string of the molecule is Cc1ccc(F)c([C@@H](C)[C@H](NS(=O)(=O)c2ccc(Cl)cc2CCO)c2nn[nH]n2)c1C. The number of H-pyrrole nitrogens is 1. The first kappa shape index (κ1) is 23.3. The number of rotatable bonds is 8. The number of nitrogens with zero attached hydrogens (tertiary/aromatic N) is 3. The summed E-state index contributed by atoms with van der Waals surface area (Å²) in [5.74, 6) is -1.02. The molecule has 0 fully saturated rings. The smallest absolute Gasteiger partial charge is 0.241 e. The van der Waals surface area contributed by atoms with E-state index in [1.807, 2.05) is 6.92 Å². The summed E-state index contributed by atoms with van der Waals surface area (Å²) in [5.41, 5.74) is 2.32. The molecule has 0 aliphatic carbocycles. The van der Waals surface area contributed by atoms with Gasteiger partial charge in [0.25, 0.3) is 0 Å². The molecule has 0 spiro atoms. The van der Waals surface area contributed by atoms with Crippen molar-refractivity contribution >= 4 is 21.6 Å². The van der Waals surface area contributed by atoms with E-state index in [1.54, 1.807) is 19.9 Å². The molecule has 11 heteroatoms. The zero-order valence-corrected chi connectivity index (χ0v) is 18.8. The lowest BCUT2D eigenvalue weighted by Crippen LogP contribution is -2.34. The molecule has 3 aromatic rings. The van der Waals surface area contributed by atoms with Crippen LogP contribution in [0.15, 0.2) is 35.2 Å². The van der Waals surface area contributed by atoms with Crippen LogP contribution in [0.2, 0.25) is 5.02 Å². The molecule has 1 heterocycles. The Bertz CT molecular complexity index is 1170. The van der Waals surface area contributed by atoms with Crippen molar-refractivity contribution in [1.82, 2.24) is 25.3 Å². The van der Waals surface area contributed by atoms with E-state index < -0.39 is 27.8 Å². The van der Waals surface area contributed by atoms with E-state index in [1.165, 1.54) is 24.3 Å². The van der Waals surface area contributed by atoms with Crippen molar-refractivity contribution in [2.24, 2.45) is 0 Å². The van der Waals surface area contributed by atoms with Gasteiger partial charge in [-0.2, -0.15) is 9.94 Å². The number of sulfonamides is 1. The van der Waals surface area contributed by atoms with Crippen molar-refractivity contribution in [2.45, 2.75) is 44.0 Å². The number of nitrogens with one attached hydrogen (secondary N) is 2. The third-order valence-corrected chi connectivity index (χ3v) is 7.08. The van der Waals surface area contributed by atoms with Gasteiger partial charge in [0.2, 0.25) is 10.0 Å². The molecular weight excluding hydrogens is 445 g/mol. The summed E-state index contributed by atoms with van der Waals surface area (Å²) in [6.07, 6.45) is 0.102. The molecule has 0 unspecified atom stereocenters. The maximum absolute atomic E-state index is 14.8. The Labute approximate surface area is 184 Å². The lowest BCUT2D eigenvalue weighted by atomic mass is 9.88. The normalized spacial score (nSPS) is 13.9. The highest BCUT2D eigenvalue weighted by atomic mass is 35.5. The van der Waals surface area contributed by atoms with Crippen molar-refractivity contribution in [2.75, 3.05) is 6.61 Å². The Kier molecular flexibility index (Phi) is 7.05. The van der Waals surface area contributed by atoms with Crippen molar-refractivity contribution < 1.29 is 17.9 Å². The molecule has 0 aliphatic rings. The molecular formula is C20H23ClFN5O3S. The van der Waals surface area contributed by atoms with Gasteiger partial charge in [-0.25, -0.2) is 12.8 Å². The average Bonchev–Trinajstić information content (AvgIpc) is 3.24. The van der Waals surface area contributed by atoms with Crippen molar-refractivity contribution in [3.8, 4) is 0 Å². The second-order valence-electron chi connectivity index (χ2n) is 7.29. The van der Waals surface area contributed by atoms with Gasteiger partial charge in [-0.05, 0) is 66.8 Å². The van der Waals surface area contributed by atoms with Gasteiger partial charge in [-0.1, -0.05) is 29.8 Å². The van der Waals surface area contributed by atoms with Crippen LogP contribution in [-0.2, 0) is 16.4 Å². The maximum Gasteiger partial charge on any atom is 0.241 e. The molecule has 166 valence electrons. The molecule has 0 bridgehead atoms. The van der Waals surface area contributed by atoms with E-state index in [0.29, 0.717) is 21.7 Å². The van der Waals surface area contributed by atoms with E-state index in [-0.39, 0.29) is 23.7 Å². The van der Waals surface area contributed by atoms with Crippen LogP contribution in [0.5, 0.6) is 0 Å². The van der Waals surface area contributed by atoms with E-state index >= 15 is 0 Å². The van der Waals surface area contributed by atoms with Crippen LogP contribution in [0.25, 0.3) is 0 Å². The van der Waals surface area contributed by atoms with Crippen molar-refractivity contribution in [1.29, 1.82) is 0 Å². The Morgan fingerprint density at radius 1 is 1.26 bits per heavy atom. The molecule has 0 radical (unpaired) electrons. The number of aromatic nitrogens is 4. The molecule has 0 amide bonds. The minimum Gasteiger partial charge on any atom is -0.396 e. The van der Waals surface area contributed by atoms with E-state index in [4.69, 9.17) is 11.6 Å². The lowest BCUT2D eigenvalue weighted by Gasteiger charge is -2.25. The molecule has 0 aliphatic heterocycles. The molecule has 8 nitrogen and oxygen atoms in total. The number of aromatic amines is 1. The van der Waals surface area contributed by atoms with Crippen LogP contribution in [0.4, 0.5) is 4.39 Å². The first-order valence-electron chi connectivity index (χ1n) is 9.56. The van der Waals surface area contributed by atoms with Crippen LogP contribution in [0.3, 0.4) is 0 Å². The van der Waals surface area contributed by atoms with Gasteiger partial charge < -0.3 is 5.11 Å². The summed E-state index contributed by atoms with van der Waals surface area (Å²) in [4.78, 5) is -0.0342. The number of aliphatic hydroxyl groups excluding tert-OH is 1. The maximum atomic E-state index is 14.8. The predicted molar refractivity (Wildman–Crippen MR) is 114 cm³/mol. The van der Waals surface area contributed by atoms with Gasteiger partial charge in [0.1, 0.15) is 5.82 Å². The van der Waals surface area contributed by atoms with Crippen molar-refractivity contribution in [3.63, 3.8) is 0 Å². The second-order valence-corrected chi connectivity index (χ2v) is 9.41. The van der Waals surface area contributed by atoms with E-state index in [0.717, 1.165) is 5.56 Å². The first-order chi connectivity index (χ1) is 14.7. The number of halogens is 2. The predicted octanol–water partition coefficient (Wildman–Crippen LogP) is 2.97. The summed E-state index contributed by atoms with van der Waals surface area (Å²) in [7, 11) is -4.11. The largest absolute Gasteiger partial charge is 0.396 e. The molecule has 0 saturated carbocycles. The van der Waals surface area contributed by atoms with Gasteiger partial charge >= 0.3 is 0 Å². The summed E-state index contributed by atoms with van der Waals surface area (Å²) in [6.45, 7) is 5.09. The third-order valence-electron chi connectivity index (χ3n) is 5.30. The number of aryl methyl sites for hydroxylation is 1. The van der Waals surface area contributed by atoms with Gasteiger partial charge in [0.15, 0.2) is 5.82 Å². The molecule has 0 saturated heterocycles. The standard InChI is InChI=1S/C20H23ClFN5O3S/c1-11-4-6-16(22)18(12(11)2)13(3)19(20-23-26-27-24-20)25-31(29,30)17-7-5-15(21)10-14(17)8-9-28/h4-7,10,13,19,25,28H,8-9H2,1-3H3,(H,23,24,26,27)/t13-,19+/m1/s1. The van der Waals surface area contributed by atoms with Crippen LogP contribution < -0.4 is 4.72 Å². The molecule has 3 rings (SSSR count). The fourth-order valence-corrected chi connectivity index (χ4v) is 5.29.